The van der Waals surface area contributed by atoms with Crippen molar-refractivity contribution >= 4 is 11.6 Å². The molecule has 21 heavy (non-hydrogen) atoms. The van der Waals surface area contributed by atoms with Crippen molar-refractivity contribution in [3.63, 3.8) is 0 Å². The van der Waals surface area contributed by atoms with Crippen LogP contribution in [-0.4, -0.2) is 25.7 Å². The van der Waals surface area contributed by atoms with Gasteiger partial charge in [-0.1, -0.05) is 0 Å². The molecule has 6 nitrogen and oxygen atoms in total. The summed E-state index contributed by atoms with van der Waals surface area (Å²) in [6, 6.07) is 8.76. The van der Waals surface area contributed by atoms with Gasteiger partial charge in [-0.25, -0.2) is 9.37 Å². The van der Waals surface area contributed by atoms with Gasteiger partial charge >= 0.3 is 0 Å². The number of hydrogen-bond acceptors (Lipinski definition) is 4. The average Bonchev–Trinajstić information content (AvgIpc) is 3.04. The second-order valence-electron chi connectivity index (χ2n) is 4.23. The van der Waals surface area contributed by atoms with E-state index in [1.807, 2.05) is 0 Å². The maximum absolute atomic E-state index is 12.8. The van der Waals surface area contributed by atoms with Gasteiger partial charge in [-0.15, -0.1) is 10.2 Å². The summed E-state index contributed by atoms with van der Waals surface area (Å²) in [7, 11) is 0. The largest absolute Gasteiger partial charge is 0.322 e. The summed E-state index contributed by atoms with van der Waals surface area (Å²) in [4.78, 5) is 16.3. The molecule has 3 aromatic rings. The molecule has 3 rings (SSSR count). The number of rotatable bonds is 3. The molecule has 0 aliphatic heterocycles. The number of benzene rings is 1. The summed E-state index contributed by atoms with van der Waals surface area (Å²) in [5.74, 6) is -0.128. The van der Waals surface area contributed by atoms with E-state index in [0.29, 0.717) is 17.1 Å². The molecular weight excluding hydrogens is 273 g/mol. The van der Waals surface area contributed by atoms with Crippen LogP contribution in [0.2, 0.25) is 0 Å². The predicted molar refractivity (Wildman–Crippen MR) is 73.5 cm³/mol. The zero-order chi connectivity index (χ0) is 14.7. The van der Waals surface area contributed by atoms with E-state index in [-0.39, 0.29) is 11.7 Å². The van der Waals surface area contributed by atoms with Crippen LogP contribution in [0.5, 0.6) is 0 Å². The van der Waals surface area contributed by atoms with Gasteiger partial charge in [0.15, 0.2) is 0 Å². The van der Waals surface area contributed by atoms with E-state index in [0.717, 1.165) is 0 Å². The Morgan fingerprint density at radius 1 is 1.10 bits per heavy atom. The molecule has 7 heteroatoms. The minimum Gasteiger partial charge on any atom is -0.322 e. The molecule has 0 fully saturated rings. The number of nitrogens with zero attached hydrogens (tertiary/aromatic N) is 4. The lowest BCUT2D eigenvalue weighted by atomic mass is 10.2. The lowest BCUT2D eigenvalue weighted by Gasteiger charge is -2.06. The standard InChI is InChI=1S/C14H10FN5O/c15-11-1-3-12(4-2-11)19-14(21)10-5-6-16-13(7-10)20-8-17-18-9-20/h1-9H,(H,19,21). The number of pyridine rings is 1. The second kappa shape index (κ2) is 5.49. The van der Waals surface area contributed by atoms with Crippen LogP contribution in [0.1, 0.15) is 10.4 Å². The highest BCUT2D eigenvalue weighted by Gasteiger charge is 2.08. The van der Waals surface area contributed by atoms with Crippen molar-refractivity contribution in [2.45, 2.75) is 0 Å². The highest BCUT2D eigenvalue weighted by atomic mass is 19.1. The molecule has 0 spiro atoms. The van der Waals surface area contributed by atoms with Crippen molar-refractivity contribution in [2.24, 2.45) is 0 Å². The molecule has 2 aromatic heterocycles. The third-order valence-corrected chi connectivity index (χ3v) is 2.79. The Labute approximate surface area is 119 Å². The Kier molecular flexibility index (Phi) is 3.38. The number of carbonyl (C=O) groups is 1. The van der Waals surface area contributed by atoms with E-state index in [4.69, 9.17) is 0 Å². The minimum atomic E-state index is -0.355. The van der Waals surface area contributed by atoms with Crippen molar-refractivity contribution < 1.29 is 9.18 Å². The van der Waals surface area contributed by atoms with Gasteiger partial charge in [-0.05, 0) is 36.4 Å². The SMILES string of the molecule is O=C(Nc1ccc(F)cc1)c1ccnc(-n2cnnc2)c1. The van der Waals surface area contributed by atoms with E-state index in [1.165, 1.54) is 43.1 Å². The first-order chi connectivity index (χ1) is 10.2. The topological polar surface area (TPSA) is 72.7 Å². The number of aromatic nitrogens is 4. The van der Waals surface area contributed by atoms with Crippen LogP contribution in [0, 0.1) is 5.82 Å². The molecule has 2 heterocycles. The van der Waals surface area contributed by atoms with Gasteiger partial charge in [0.1, 0.15) is 24.3 Å². The zero-order valence-corrected chi connectivity index (χ0v) is 10.8. The van der Waals surface area contributed by atoms with E-state index in [1.54, 1.807) is 16.7 Å². The molecular formula is C14H10FN5O. The summed E-state index contributed by atoms with van der Waals surface area (Å²) >= 11 is 0. The van der Waals surface area contributed by atoms with Gasteiger partial charge in [-0.2, -0.15) is 0 Å². The maximum Gasteiger partial charge on any atom is 0.255 e. The highest BCUT2D eigenvalue weighted by molar-refractivity contribution is 6.04. The number of amides is 1. The summed E-state index contributed by atoms with van der Waals surface area (Å²) in [5.41, 5.74) is 0.946. The molecule has 104 valence electrons. The Morgan fingerprint density at radius 3 is 2.52 bits per heavy atom. The van der Waals surface area contributed by atoms with Crippen LogP contribution >= 0.6 is 0 Å². The van der Waals surface area contributed by atoms with Crippen molar-refractivity contribution in [3.05, 3.63) is 66.6 Å². The van der Waals surface area contributed by atoms with Gasteiger partial charge in [0, 0.05) is 17.4 Å². The summed E-state index contributed by atoms with van der Waals surface area (Å²) in [6.07, 6.45) is 4.50. The van der Waals surface area contributed by atoms with Crippen LogP contribution < -0.4 is 5.32 Å². The fourth-order valence-corrected chi connectivity index (χ4v) is 1.76. The van der Waals surface area contributed by atoms with E-state index in [2.05, 4.69) is 20.5 Å². The van der Waals surface area contributed by atoms with Crippen molar-refractivity contribution in [2.75, 3.05) is 5.32 Å². The minimum absolute atomic E-state index is 0.307. The second-order valence-corrected chi connectivity index (χ2v) is 4.23. The first-order valence-corrected chi connectivity index (χ1v) is 6.10. The third kappa shape index (κ3) is 2.92. The Morgan fingerprint density at radius 2 is 1.81 bits per heavy atom. The van der Waals surface area contributed by atoms with Crippen molar-refractivity contribution in [1.29, 1.82) is 0 Å². The first kappa shape index (κ1) is 12.9. The van der Waals surface area contributed by atoms with E-state index in [9.17, 15) is 9.18 Å². The van der Waals surface area contributed by atoms with Crippen molar-refractivity contribution in [1.82, 2.24) is 19.7 Å². The molecule has 0 bridgehead atoms. The quantitative estimate of drug-likeness (QED) is 0.798. The number of carbonyl (C=O) groups excluding carboxylic acids is 1. The molecule has 1 aromatic carbocycles. The molecule has 0 radical (unpaired) electrons. The number of nitrogens with one attached hydrogen (secondary N) is 1. The van der Waals surface area contributed by atoms with Crippen LogP contribution in [0.15, 0.2) is 55.2 Å². The first-order valence-electron chi connectivity index (χ1n) is 6.10. The van der Waals surface area contributed by atoms with E-state index >= 15 is 0 Å². The van der Waals surface area contributed by atoms with Gasteiger partial charge in [-0.3, -0.25) is 9.36 Å². The predicted octanol–water partition coefficient (Wildman–Crippen LogP) is 2.05. The molecule has 0 atom stereocenters. The number of anilines is 1. The molecule has 0 saturated heterocycles. The van der Waals surface area contributed by atoms with Crippen LogP contribution in [0.3, 0.4) is 0 Å². The molecule has 1 N–H and O–H groups in total. The summed E-state index contributed by atoms with van der Waals surface area (Å²) in [5, 5.41) is 10.1. The Bertz CT molecular complexity index is 755. The number of hydrogen-bond donors (Lipinski definition) is 1. The van der Waals surface area contributed by atoms with Gasteiger partial charge in [0.05, 0.1) is 0 Å². The third-order valence-electron chi connectivity index (χ3n) is 2.79. The molecule has 1 amide bonds. The monoisotopic (exact) mass is 283 g/mol. The molecule has 0 saturated carbocycles. The lowest BCUT2D eigenvalue weighted by molar-refractivity contribution is 0.102. The molecule has 0 aliphatic carbocycles. The fraction of sp³-hybridized carbons (Fsp3) is 0. The highest BCUT2D eigenvalue weighted by Crippen LogP contribution is 2.12. The Hall–Kier alpha value is -3.09. The van der Waals surface area contributed by atoms with Crippen molar-refractivity contribution in [3.8, 4) is 5.82 Å². The van der Waals surface area contributed by atoms with Gasteiger partial charge in [0.2, 0.25) is 0 Å². The number of halogens is 1. The van der Waals surface area contributed by atoms with Gasteiger partial charge < -0.3 is 5.32 Å². The smallest absolute Gasteiger partial charge is 0.255 e. The summed E-state index contributed by atoms with van der Waals surface area (Å²) in [6.45, 7) is 0. The van der Waals surface area contributed by atoms with Crippen LogP contribution in [0.25, 0.3) is 5.82 Å². The van der Waals surface area contributed by atoms with Crippen LogP contribution in [-0.2, 0) is 0 Å². The average molecular weight is 283 g/mol. The Balaban J connectivity index is 1.81. The zero-order valence-electron chi connectivity index (χ0n) is 10.8. The lowest BCUT2D eigenvalue weighted by Crippen LogP contribution is -2.12. The summed E-state index contributed by atoms with van der Waals surface area (Å²) < 4.78 is 14.4. The van der Waals surface area contributed by atoms with E-state index < -0.39 is 0 Å². The normalized spacial score (nSPS) is 10.3. The van der Waals surface area contributed by atoms with Gasteiger partial charge in [0.25, 0.3) is 5.91 Å². The fourth-order valence-electron chi connectivity index (χ4n) is 1.76. The van der Waals surface area contributed by atoms with Crippen LogP contribution in [0.4, 0.5) is 10.1 Å². The maximum atomic E-state index is 12.8. The molecule has 0 aliphatic rings. The molecule has 0 unspecified atom stereocenters.